The van der Waals surface area contributed by atoms with Gasteiger partial charge in [0.1, 0.15) is 6.29 Å². The normalized spacial score (nSPS) is 14.4. The molecule has 0 aliphatic rings. The summed E-state index contributed by atoms with van der Waals surface area (Å²) < 4.78 is 6.36. The van der Waals surface area contributed by atoms with Gasteiger partial charge in [-0.05, 0) is 24.6 Å². The van der Waals surface area contributed by atoms with Gasteiger partial charge in [-0.25, -0.2) is 0 Å². The van der Waals surface area contributed by atoms with Crippen molar-refractivity contribution < 1.29 is 9.22 Å². The van der Waals surface area contributed by atoms with Crippen LogP contribution in [-0.2, 0) is 9.22 Å². The van der Waals surface area contributed by atoms with Gasteiger partial charge in [0.05, 0.1) is 6.10 Å². The van der Waals surface area contributed by atoms with Crippen LogP contribution in [-0.4, -0.2) is 20.7 Å². The Morgan fingerprint density at radius 2 is 1.68 bits per heavy atom. The van der Waals surface area contributed by atoms with Gasteiger partial charge < -0.3 is 9.22 Å². The zero-order valence-corrected chi connectivity index (χ0v) is 14.9. The Balaban J connectivity index is 4.22. The van der Waals surface area contributed by atoms with Crippen LogP contribution in [0.3, 0.4) is 0 Å². The van der Waals surface area contributed by atoms with E-state index in [0.717, 1.165) is 12.7 Å². The minimum absolute atomic E-state index is 0.139. The first-order chi connectivity index (χ1) is 8.74. The fraction of sp³-hybridized carbons (Fsp3) is 0.938. The Hall–Kier alpha value is -0.153. The molecule has 1 atom stereocenters. The highest BCUT2D eigenvalue weighted by Gasteiger charge is 2.38. The van der Waals surface area contributed by atoms with E-state index in [-0.39, 0.29) is 11.1 Å². The number of carbonyl (C=O) groups is 1. The molecule has 3 heteroatoms. The Kier molecular flexibility index (Phi) is 8.84. The summed E-state index contributed by atoms with van der Waals surface area (Å²) in [5.41, 5.74) is 0. The molecule has 0 radical (unpaired) electrons. The number of unbranched alkanes of at least 4 members (excludes halogenated alkanes) is 4. The molecule has 0 heterocycles. The van der Waals surface area contributed by atoms with Crippen LogP contribution in [0, 0.1) is 0 Å². The maximum atomic E-state index is 10.8. The third kappa shape index (κ3) is 7.88. The highest BCUT2D eigenvalue weighted by atomic mass is 28.4. The van der Waals surface area contributed by atoms with E-state index in [1.165, 1.54) is 32.1 Å². The van der Waals surface area contributed by atoms with Crippen LogP contribution in [0.1, 0.15) is 72.6 Å². The van der Waals surface area contributed by atoms with Gasteiger partial charge in [-0.3, -0.25) is 0 Å². The van der Waals surface area contributed by atoms with Gasteiger partial charge in [0.15, 0.2) is 8.32 Å². The summed E-state index contributed by atoms with van der Waals surface area (Å²) >= 11 is 0. The van der Waals surface area contributed by atoms with Gasteiger partial charge >= 0.3 is 0 Å². The van der Waals surface area contributed by atoms with Gasteiger partial charge in [0.25, 0.3) is 0 Å². The lowest BCUT2D eigenvalue weighted by molar-refractivity contribution is -0.109. The molecular formula is C16H34O2Si. The summed E-state index contributed by atoms with van der Waals surface area (Å²) in [5.74, 6) is 0. The maximum absolute atomic E-state index is 10.8. The molecule has 0 aromatic heterocycles. The molecule has 0 fully saturated rings. The van der Waals surface area contributed by atoms with Gasteiger partial charge in [-0.15, -0.1) is 0 Å². The van der Waals surface area contributed by atoms with Crippen molar-refractivity contribution in [2.45, 2.75) is 96.9 Å². The molecule has 0 aromatic rings. The zero-order valence-electron chi connectivity index (χ0n) is 13.9. The van der Waals surface area contributed by atoms with Crippen molar-refractivity contribution in [1.82, 2.24) is 0 Å². The molecule has 0 bridgehead atoms. The Bertz CT molecular complexity index is 244. The summed E-state index contributed by atoms with van der Waals surface area (Å²) in [7, 11) is -1.74. The van der Waals surface area contributed by atoms with Crippen molar-refractivity contribution in [1.29, 1.82) is 0 Å². The Labute approximate surface area is 121 Å². The molecule has 0 aromatic carbocycles. The van der Waals surface area contributed by atoms with Crippen LogP contribution in [0.2, 0.25) is 18.1 Å². The number of aldehydes is 1. The van der Waals surface area contributed by atoms with E-state index >= 15 is 0 Å². The fourth-order valence-corrected chi connectivity index (χ4v) is 3.30. The highest BCUT2D eigenvalue weighted by Crippen LogP contribution is 2.38. The molecule has 0 saturated heterocycles. The van der Waals surface area contributed by atoms with E-state index in [4.69, 9.17) is 4.43 Å². The Morgan fingerprint density at radius 1 is 1.11 bits per heavy atom. The monoisotopic (exact) mass is 286 g/mol. The standard InChI is InChI=1S/C16H34O2Si/c1-7-8-9-10-11-12-15(13-14-17)18-19(5,6)16(2,3)4/h14-15H,7-13H2,1-6H3/t15-/m0/s1. The average molecular weight is 287 g/mol. The third-order valence-electron chi connectivity index (χ3n) is 4.26. The first-order valence-electron chi connectivity index (χ1n) is 7.86. The molecule has 0 N–H and O–H groups in total. The van der Waals surface area contributed by atoms with E-state index in [0.29, 0.717) is 6.42 Å². The minimum Gasteiger partial charge on any atom is -0.414 e. The summed E-state index contributed by atoms with van der Waals surface area (Å²) in [4.78, 5) is 10.8. The lowest BCUT2D eigenvalue weighted by Gasteiger charge is -2.39. The Morgan fingerprint density at radius 3 is 2.16 bits per heavy atom. The lowest BCUT2D eigenvalue weighted by Crippen LogP contribution is -2.44. The smallest absolute Gasteiger partial charge is 0.192 e. The molecule has 0 unspecified atom stereocenters. The molecule has 0 aliphatic carbocycles. The van der Waals surface area contributed by atoms with E-state index in [9.17, 15) is 4.79 Å². The number of hydrogen-bond acceptors (Lipinski definition) is 2. The number of carbonyl (C=O) groups excluding carboxylic acids is 1. The molecule has 0 aliphatic heterocycles. The second-order valence-corrected chi connectivity index (χ2v) is 11.9. The second kappa shape index (κ2) is 8.91. The van der Waals surface area contributed by atoms with Crippen LogP contribution < -0.4 is 0 Å². The third-order valence-corrected chi connectivity index (χ3v) is 8.79. The largest absolute Gasteiger partial charge is 0.414 e. The van der Waals surface area contributed by atoms with Crippen molar-refractivity contribution in [2.24, 2.45) is 0 Å². The van der Waals surface area contributed by atoms with E-state index in [1.54, 1.807) is 0 Å². The van der Waals surface area contributed by atoms with Crippen LogP contribution >= 0.6 is 0 Å². The molecule has 0 rings (SSSR count). The predicted molar refractivity (Wildman–Crippen MR) is 86.1 cm³/mol. The molecule has 0 saturated carbocycles. The molecular weight excluding hydrogens is 252 g/mol. The van der Waals surface area contributed by atoms with Crippen molar-refractivity contribution >= 4 is 14.6 Å². The predicted octanol–water partition coefficient (Wildman–Crippen LogP) is 5.33. The topological polar surface area (TPSA) is 26.3 Å². The van der Waals surface area contributed by atoms with E-state index < -0.39 is 8.32 Å². The second-order valence-electron chi connectivity index (χ2n) is 7.11. The highest BCUT2D eigenvalue weighted by molar-refractivity contribution is 6.74. The van der Waals surface area contributed by atoms with Crippen molar-refractivity contribution in [3.05, 3.63) is 0 Å². The summed E-state index contributed by atoms with van der Waals surface area (Å²) in [5, 5.41) is 0.219. The molecule has 0 amide bonds. The van der Waals surface area contributed by atoms with Gasteiger partial charge in [0, 0.05) is 6.42 Å². The fourth-order valence-electron chi connectivity index (χ4n) is 1.90. The summed E-state index contributed by atoms with van der Waals surface area (Å²) in [6.45, 7) is 13.5. The lowest BCUT2D eigenvalue weighted by atomic mass is 10.1. The average Bonchev–Trinajstić information content (AvgIpc) is 2.27. The van der Waals surface area contributed by atoms with Crippen LogP contribution in [0.15, 0.2) is 0 Å². The number of hydrogen-bond donors (Lipinski definition) is 0. The SMILES string of the molecule is CCCCCCC[C@@H](CC=O)O[Si](C)(C)C(C)(C)C. The number of rotatable bonds is 10. The van der Waals surface area contributed by atoms with Gasteiger partial charge in [-0.2, -0.15) is 0 Å². The van der Waals surface area contributed by atoms with E-state index in [1.807, 2.05) is 0 Å². The first kappa shape index (κ1) is 18.8. The van der Waals surface area contributed by atoms with Crippen molar-refractivity contribution in [2.75, 3.05) is 0 Å². The van der Waals surface area contributed by atoms with E-state index in [2.05, 4.69) is 40.8 Å². The van der Waals surface area contributed by atoms with Gasteiger partial charge in [-0.1, -0.05) is 59.8 Å². The first-order valence-corrected chi connectivity index (χ1v) is 10.8. The van der Waals surface area contributed by atoms with Gasteiger partial charge in [0.2, 0.25) is 0 Å². The summed E-state index contributed by atoms with van der Waals surface area (Å²) in [6.07, 6.45) is 9.11. The maximum Gasteiger partial charge on any atom is 0.192 e. The van der Waals surface area contributed by atoms with Crippen molar-refractivity contribution in [3.8, 4) is 0 Å². The minimum atomic E-state index is -1.74. The van der Waals surface area contributed by atoms with Crippen LogP contribution in [0.5, 0.6) is 0 Å². The summed E-state index contributed by atoms with van der Waals surface area (Å²) in [6, 6.07) is 0. The van der Waals surface area contributed by atoms with Crippen molar-refractivity contribution in [3.63, 3.8) is 0 Å². The zero-order chi connectivity index (χ0) is 14.9. The van der Waals surface area contributed by atoms with Crippen LogP contribution in [0.4, 0.5) is 0 Å². The quantitative estimate of drug-likeness (QED) is 0.308. The molecule has 0 spiro atoms. The molecule has 19 heavy (non-hydrogen) atoms. The molecule has 2 nitrogen and oxygen atoms in total. The molecule has 114 valence electrons. The van der Waals surface area contributed by atoms with Crippen LogP contribution in [0.25, 0.3) is 0 Å².